The Labute approximate surface area is 153 Å². The molecule has 0 radical (unpaired) electrons. The topological polar surface area (TPSA) is 71.1 Å². The highest BCUT2D eigenvalue weighted by atomic mass is 16.7. The van der Waals surface area contributed by atoms with E-state index < -0.39 is 28.7 Å². The zero-order valence-electron chi connectivity index (χ0n) is 15.6. The molecule has 2 fully saturated rings. The summed E-state index contributed by atoms with van der Waals surface area (Å²) in [5, 5.41) is 0. The van der Waals surface area contributed by atoms with Crippen molar-refractivity contribution in [2.24, 2.45) is 5.41 Å². The van der Waals surface area contributed by atoms with Gasteiger partial charge < -0.3 is 18.9 Å². The monoisotopic (exact) mass is 362 g/mol. The van der Waals surface area contributed by atoms with Crippen LogP contribution >= 0.6 is 0 Å². The molecule has 4 rings (SSSR count). The van der Waals surface area contributed by atoms with Crippen molar-refractivity contribution in [1.29, 1.82) is 0 Å². The summed E-state index contributed by atoms with van der Waals surface area (Å²) in [7, 11) is 1.59. The summed E-state index contributed by atoms with van der Waals surface area (Å²) in [5.74, 6) is -0.475. The SMILES string of the molecule is CCOC(=O)C1=C2C(=O)[C@@]3(C)CCC[C@]3(OCOC)CC[C@@]23C=C[C@@H]1O3. The van der Waals surface area contributed by atoms with Crippen LogP contribution in [0, 0.1) is 5.41 Å². The van der Waals surface area contributed by atoms with Crippen LogP contribution in [0.4, 0.5) is 0 Å². The number of Topliss-reactive ketones (excluding diaryl/α,β-unsaturated/α-hetero) is 1. The van der Waals surface area contributed by atoms with Gasteiger partial charge in [0.25, 0.3) is 0 Å². The van der Waals surface area contributed by atoms with E-state index in [9.17, 15) is 9.59 Å². The van der Waals surface area contributed by atoms with Crippen molar-refractivity contribution in [3.63, 3.8) is 0 Å². The summed E-state index contributed by atoms with van der Waals surface area (Å²) in [5.41, 5.74) is -1.21. The minimum Gasteiger partial charge on any atom is -0.463 e. The average Bonchev–Trinajstić information content (AvgIpc) is 3.27. The molecule has 0 aromatic rings. The Balaban J connectivity index is 1.82. The molecular weight excluding hydrogens is 336 g/mol. The second kappa shape index (κ2) is 6.01. The molecule has 2 aliphatic heterocycles. The molecule has 6 heteroatoms. The molecule has 1 spiro atoms. The summed E-state index contributed by atoms with van der Waals surface area (Å²) in [6, 6.07) is 0. The molecule has 26 heavy (non-hydrogen) atoms. The second-order valence-corrected chi connectivity index (χ2v) is 7.86. The predicted molar refractivity (Wildman–Crippen MR) is 92.3 cm³/mol. The zero-order chi connectivity index (χ0) is 18.6. The van der Waals surface area contributed by atoms with Gasteiger partial charge in [0.1, 0.15) is 18.5 Å². The maximum Gasteiger partial charge on any atom is 0.337 e. The minimum absolute atomic E-state index is 0.0292. The number of ketones is 1. The summed E-state index contributed by atoms with van der Waals surface area (Å²) in [4.78, 5) is 26.4. The van der Waals surface area contributed by atoms with Crippen molar-refractivity contribution in [2.45, 2.75) is 63.3 Å². The molecule has 4 atom stereocenters. The van der Waals surface area contributed by atoms with E-state index in [1.807, 2.05) is 19.1 Å². The Morgan fingerprint density at radius 2 is 2.12 bits per heavy atom. The summed E-state index contributed by atoms with van der Waals surface area (Å²) in [6.07, 6.45) is 7.10. The molecular formula is C20H26O6. The van der Waals surface area contributed by atoms with Crippen LogP contribution in [0.3, 0.4) is 0 Å². The Bertz CT molecular complexity index is 709. The standard InChI is InChI=1S/C20H26O6/c1-4-24-17(22)14-13-6-9-19(26-13)10-11-20(25-12-23-3)8-5-7-18(20,2)16(21)15(14)19/h6,9,13H,4-5,7-8,10-12H2,1-3H3/t13-,18+,19-,20-/m0/s1. The number of hydrogen-bond donors (Lipinski definition) is 0. The van der Waals surface area contributed by atoms with Gasteiger partial charge in [-0.15, -0.1) is 0 Å². The molecule has 6 nitrogen and oxygen atoms in total. The van der Waals surface area contributed by atoms with Crippen LogP contribution in [-0.2, 0) is 28.5 Å². The molecule has 0 amide bonds. The first-order valence-corrected chi connectivity index (χ1v) is 9.40. The van der Waals surface area contributed by atoms with Crippen LogP contribution in [0.1, 0.15) is 46.0 Å². The van der Waals surface area contributed by atoms with Crippen molar-refractivity contribution in [2.75, 3.05) is 20.5 Å². The first-order valence-electron chi connectivity index (χ1n) is 9.40. The van der Waals surface area contributed by atoms with E-state index in [1.54, 1.807) is 14.0 Å². The van der Waals surface area contributed by atoms with E-state index in [0.29, 0.717) is 24.0 Å². The molecule has 0 N–H and O–H groups in total. The second-order valence-electron chi connectivity index (χ2n) is 7.86. The first-order chi connectivity index (χ1) is 12.4. The quantitative estimate of drug-likeness (QED) is 0.425. The van der Waals surface area contributed by atoms with Crippen LogP contribution in [0.25, 0.3) is 0 Å². The van der Waals surface area contributed by atoms with Gasteiger partial charge in [0.05, 0.1) is 23.2 Å². The number of ether oxygens (including phenoxy) is 4. The molecule has 0 unspecified atom stereocenters. The fraction of sp³-hybridized carbons (Fsp3) is 0.700. The van der Waals surface area contributed by atoms with Gasteiger partial charge in [-0.1, -0.05) is 6.08 Å². The van der Waals surface area contributed by atoms with E-state index in [4.69, 9.17) is 18.9 Å². The smallest absolute Gasteiger partial charge is 0.337 e. The van der Waals surface area contributed by atoms with Gasteiger partial charge in [-0.3, -0.25) is 4.79 Å². The molecule has 142 valence electrons. The number of carbonyl (C=O) groups excluding carboxylic acids is 2. The number of esters is 1. The summed E-state index contributed by atoms with van der Waals surface area (Å²) >= 11 is 0. The van der Waals surface area contributed by atoms with E-state index in [1.165, 1.54) is 0 Å². The summed E-state index contributed by atoms with van der Waals surface area (Å²) in [6.45, 7) is 4.16. The Hall–Kier alpha value is -1.50. The van der Waals surface area contributed by atoms with Crippen molar-refractivity contribution >= 4 is 11.8 Å². The molecule has 0 saturated heterocycles. The van der Waals surface area contributed by atoms with Crippen molar-refractivity contribution < 1.29 is 28.5 Å². The lowest BCUT2D eigenvalue weighted by Gasteiger charge is -2.41. The number of methoxy groups -OCH3 is 1. The molecule has 2 aliphatic carbocycles. The van der Waals surface area contributed by atoms with Crippen LogP contribution in [-0.4, -0.2) is 49.6 Å². The van der Waals surface area contributed by atoms with E-state index >= 15 is 0 Å². The van der Waals surface area contributed by atoms with Crippen LogP contribution in [0.5, 0.6) is 0 Å². The van der Waals surface area contributed by atoms with E-state index in [2.05, 4.69) is 0 Å². The van der Waals surface area contributed by atoms with Gasteiger partial charge in [-0.05, 0) is 52.0 Å². The highest BCUT2D eigenvalue weighted by Crippen LogP contribution is 2.60. The number of hydrogen-bond acceptors (Lipinski definition) is 6. The van der Waals surface area contributed by atoms with Crippen LogP contribution < -0.4 is 0 Å². The number of carbonyl (C=O) groups is 2. The fourth-order valence-electron chi connectivity index (χ4n) is 5.32. The van der Waals surface area contributed by atoms with Crippen LogP contribution in [0.15, 0.2) is 23.3 Å². The lowest BCUT2D eigenvalue weighted by atomic mass is 9.69. The lowest BCUT2D eigenvalue weighted by molar-refractivity contribution is -0.179. The van der Waals surface area contributed by atoms with Gasteiger partial charge in [-0.2, -0.15) is 0 Å². The molecule has 2 bridgehead atoms. The summed E-state index contributed by atoms with van der Waals surface area (Å²) < 4.78 is 22.7. The first kappa shape index (κ1) is 17.9. The highest BCUT2D eigenvalue weighted by molar-refractivity contribution is 6.11. The van der Waals surface area contributed by atoms with Gasteiger partial charge >= 0.3 is 5.97 Å². The van der Waals surface area contributed by atoms with Crippen molar-refractivity contribution in [1.82, 2.24) is 0 Å². The third-order valence-corrected chi connectivity index (χ3v) is 6.69. The van der Waals surface area contributed by atoms with Gasteiger partial charge in [-0.25, -0.2) is 4.79 Å². The Morgan fingerprint density at radius 3 is 2.85 bits per heavy atom. The molecule has 0 aromatic carbocycles. The normalized spacial score (nSPS) is 40.6. The van der Waals surface area contributed by atoms with Crippen molar-refractivity contribution in [3.05, 3.63) is 23.3 Å². The third-order valence-electron chi connectivity index (χ3n) is 6.69. The highest BCUT2D eigenvalue weighted by Gasteiger charge is 2.66. The maximum absolute atomic E-state index is 13.8. The fourth-order valence-corrected chi connectivity index (χ4v) is 5.32. The van der Waals surface area contributed by atoms with Gasteiger partial charge in [0, 0.05) is 12.7 Å². The van der Waals surface area contributed by atoms with Gasteiger partial charge in [0.15, 0.2) is 5.78 Å². The molecule has 2 heterocycles. The zero-order valence-corrected chi connectivity index (χ0v) is 15.6. The number of fused-ring (bicyclic) bond motifs is 2. The molecule has 2 saturated carbocycles. The van der Waals surface area contributed by atoms with E-state index in [-0.39, 0.29) is 19.2 Å². The third kappa shape index (κ3) is 2.15. The molecule has 4 aliphatic rings. The van der Waals surface area contributed by atoms with Crippen molar-refractivity contribution in [3.8, 4) is 0 Å². The minimum atomic E-state index is -0.819. The largest absolute Gasteiger partial charge is 0.463 e. The average molecular weight is 362 g/mol. The van der Waals surface area contributed by atoms with Gasteiger partial charge in [0.2, 0.25) is 0 Å². The predicted octanol–water partition coefficient (Wildman–Crippen LogP) is 2.47. The Morgan fingerprint density at radius 1 is 1.31 bits per heavy atom. The Kier molecular flexibility index (Phi) is 4.13. The number of rotatable bonds is 5. The van der Waals surface area contributed by atoms with E-state index in [0.717, 1.165) is 19.3 Å². The molecule has 0 aromatic heterocycles. The maximum atomic E-state index is 13.8. The lowest BCUT2D eigenvalue weighted by Crippen LogP contribution is -2.49. The van der Waals surface area contributed by atoms with Crippen LogP contribution in [0.2, 0.25) is 0 Å².